The Labute approximate surface area is 187 Å². The first-order valence-corrected chi connectivity index (χ1v) is 10.8. The smallest absolute Gasteiger partial charge is 0.251 e. The first kappa shape index (κ1) is 21.3. The number of carbonyl (C=O) groups is 1. The van der Waals surface area contributed by atoms with Gasteiger partial charge in [0.1, 0.15) is 5.82 Å². The molecule has 0 atom stereocenters. The van der Waals surface area contributed by atoms with Gasteiger partial charge in [0, 0.05) is 55.5 Å². The second-order valence-corrected chi connectivity index (χ2v) is 8.18. The van der Waals surface area contributed by atoms with Gasteiger partial charge in [0.2, 0.25) is 0 Å². The number of carbonyl (C=O) groups excluding carboxylic acids is 1. The van der Waals surface area contributed by atoms with E-state index in [1.807, 2.05) is 36.4 Å². The predicted molar refractivity (Wildman–Crippen MR) is 123 cm³/mol. The SMILES string of the molecule is O=C(NCc1ccc(F)cc1)c1ccc(CN2CCN(c3ccc(Cl)cc3)CC2)cc1. The average Bonchev–Trinajstić information content (AvgIpc) is 2.80. The average molecular weight is 438 g/mol. The summed E-state index contributed by atoms with van der Waals surface area (Å²) in [6.07, 6.45) is 0. The Morgan fingerprint density at radius 3 is 2.10 bits per heavy atom. The highest BCUT2D eigenvalue weighted by molar-refractivity contribution is 6.30. The Bertz CT molecular complexity index is 998. The summed E-state index contributed by atoms with van der Waals surface area (Å²) >= 11 is 5.98. The van der Waals surface area contributed by atoms with E-state index in [9.17, 15) is 9.18 Å². The molecule has 1 aliphatic rings. The maximum absolute atomic E-state index is 13.0. The molecule has 31 heavy (non-hydrogen) atoms. The van der Waals surface area contributed by atoms with Crippen LogP contribution in [0.2, 0.25) is 5.02 Å². The predicted octanol–water partition coefficient (Wildman–Crippen LogP) is 4.73. The van der Waals surface area contributed by atoms with E-state index in [1.165, 1.54) is 23.4 Å². The van der Waals surface area contributed by atoms with Gasteiger partial charge in [0.15, 0.2) is 0 Å². The van der Waals surface area contributed by atoms with Gasteiger partial charge in [0.25, 0.3) is 5.91 Å². The van der Waals surface area contributed by atoms with Crippen molar-refractivity contribution in [3.05, 3.63) is 100 Å². The lowest BCUT2D eigenvalue weighted by Gasteiger charge is -2.36. The molecule has 1 saturated heterocycles. The number of nitrogens with zero attached hydrogens (tertiary/aromatic N) is 2. The maximum Gasteiger partial charge on any atom is 0.251 e. The number of hydrogen-bond donors (Lipinski definition) is 1. The Hall–Kier alpha value is -2.89. The van der Waals surface area contributed by atoms with Gasteiger partial charge in [-0.1, -0.05) is 35.9 Å². The van der Waals surface area contributed by atoms with Crippen LogP contribution in [0.4, 0.5) is 10.1 Å². The van der Waals surface area contributed by atoms with Crippen LogP contribution in [0.15, 0.2) is 72.8 Å². The molecule has 6 heteroatoms. The van der Waals surface area contributed by atoms with Crippen LogP contribution in [-0.4, -0.2) is 37.0 Å². The lowest BCUT2D eigenvalue weighted by molar-refractivity contribution is 0.0951. The van der Waals surface area contributed by atoms with E-state index in [0.29, 0.717) is 12.1 Å². The van der Waals surface area contributed by atoms with Gasteiger partial charge in [-0.3, -0.25) is 9.69 Å². The molecule has 0 bridgehead atoms. The lowest BCUT2D eigenvalue weighted by Crippen LogP contribution is -2.45. The third-order valence-corrected chi connectivity index (χ3v) is 5.80. The van der Waals surface area contributed by atoms with Crippen LogP contribution in [0.1, 0.15) is 21.5 Å². The van der Waals surface area contributed by atoms with E-state index in [-0.39, 0.29) is 11.7 Å². The van der Waals surface area contributed by atoms with Crippen molar-refractivity contribution in [2.45, 2.75) is 13.1 Å². The van der Waals surface area contributed by atoms with Crippen molar-refractivity contribution in [1.29, 1.82) is 0 Å². The minimum atomic E-state index is -0.281. The monoisotopic (exact) mass is 437 g/mol. The Morgan fingerprint density at radius 2 is 1.45 bits per heavy atom. The summed E-state index contributed by atoms with van der Waals surface area (Å²) in [5.74, 6) is -0.412. The first-order valence-electron chi connectivity index (χ1n) is 10.4. The highest BCUT2D eigenvalue weighted by atomic mass is 35.5. The number of rotatable bonds is 6. The molecule has 160 valence electrons. The molecule has 3 aromatic rings. The molecular weight excluding hydrogens is 413 g/mol. The molecule has 0 radical (unpaired) electrons. The first-order chi connectivity index (χ1) is 15.1. The van der Waals surface area contributed by atoms with Gasteiger partial charge in [-0.15, -0.1) is 0 Å². The van der Waals surface area contributed by atoms with E-state index in [2.05, 4.69) is 27.2 Å². The summed E-state index contributed by atoms with van der Waals surface area (Å²) in [5, 5.41) is 3.63. The molecule has 0 unspecified atom stereocenters. The Morgan fingerprint density at radius 1 is 0.839 bits per heavy atom. The van der Waals surface area contributed by atoms with Gasteiger partial charge in [0.05, 0.1) is 0 Å². The molecule has 0 spiro atoms. The fraction of sp³-hybridized carbons (Fsp3) is 0.240. The summed E-state index contributed by atoms with van der Waals surface area (Å²) in [6.45, 7) is 5.17. The van der Waals surface area contributed by atoms with Crippen LogP contribution in [-0.2, 0) is 13.1 Å². The van der Waals surface area contributed by atoms with Crippen LogP contribution in [0.3, 0.4) is 0 Å². The van der Waals surface area contributed by atoms with E-state index in [0.717, 1.165) is 43.3 Å². The number of hydrogen-bond acceptors (Lipinski definition) is 3. The van der Waals surface area contributed by atoms with Gasteiger partial charge < -0.3 is 10.2 Å². The number of piperazine rings is 1. The van der Waals surface area contributed by atoms with Crippen molar-refractivity contribution < 1.29 is 9.18 Å². The summed E-state index contributed by atoms with van der Waals surface area (Å²) in [7, 11) is 0. The van der Waals surface area contributed by atoms with Crippen molar-refractivity contribution >= 4 is 23.2 Å². The zero-order valence-electron chi connectivity index (χ0n) is 17.2. The fourth-order valence-corrected chi connectivity index (χ4v) is 3.85. The molecule has 1 heterocycles. The largest absolute Gasteiger partial charge is 0.369 e. The molecule has 4 rings (SSSR count). The van der Waals surface area contributed by atoms with Crippen LogP contribution in [0, 0.1) is 5.82 Å². The van der Waals surface area contributed by atoms with E-state index in [1.54, 1.807) is 12.1 Å². The molecule has 0 aliphatic carbocycles. The van der Waals surface area contributed by atoms with Crippen molar-refractivity contribution in [2.75, 3.05) is 31.1 Å². The fourth-order valence-electron chi connectivity index (χ4n) is 3.72. The molecule has 1 N–H and O–H groups in total. The summed E-state index contributed by atoms with van der Waals surface area (Å²) in [4.78, 5) is 17.2. The number of anilines is 1. The van der Waals surface area contributed by atoms with Crippen LogP contribution in [0.25, 0.3) is 0 Å². The van der Waals surface area contributed by atoms with E-state index in [4.69, 9.17) is 11.6 Å². The Kier molecular flexibility index (Phi) is 6.85. The molecule has 1 aliphatic heterocycles. The van der Waals surface area contributed by atoms with E-state index >= 15 is 0 Å². The minimum Gasteiger partial charge on any atom is -0.369 e. The zero-order valence-corrected chi connectivity index (χ0v) is 18.0. The van der Waals surface area contributed by atoms with Crippen LogP contribution < -0.4 is 10.2 Å². The highest BCUT2D eigenvalue weighted by Gasteiger charge is 2.17. The van der Waals surface area contributed by atoms with Crippen molar-refractivity contribution in [3.63, 3.8) is 0 Å². The van der Waals surface area contributed by atoms with Crippen molar-refractivity contribution in [1.82, 2.24) is 10.2 Å². The molecular formula is C25H25ClFN3O. The van der Waals surface area contributed by atoms with Gasteiger partial charge >= 0.3 is 0 Å². The third kappa shape index (κ3) is 5.84. The van der Waals surface area contributed by atoms with Crippen LogP contribution >= 0.6 is 11.6 Å². The van der Waals surface area contributed by atoms with Gasteiger partial charge in [-0.2, -0.15) is 0 Å². The second kappa shape index (κ2) is 9.94. The molecule has 0 aromatic heterocycles. The van der Waals surface area contributed by atoms with Crippen molar-refractivity contribution in [3.8, 4) is 0 Å². The summed E-state index contributed by atoms with van der Waals surface area (Å²) < 4.78 is 13.0. The minimum absolute atomic E-state index is 0.132. The molecule has 1 fully saturated rings. The topological polar surface area (TPSA) is 35.6 Å². The van der Waals surface area contributed by atoms with Gasteiger partial charge in [-0.05, 0) is 59.7 Å². The molecule has 1 amide bonds. The van der Waals surface area contributed by atoms with E-state index < -0.39 is 0 Å². The normalized spacial score (nSPS) is 14.5. The summed E-state index contributed by atoms with van der Waals surface area (Å²) in [5.41, 5.74) is 3.89. The third-order valence-electron chi connectivity index (χ3n) is 5.55. The number of halogens is 2. The maximum atomic E-state index is 13.0. The molecule has 4 nitrogen and oxygen atoms in total. The second-order valence-electron chi connectivity index (χ2n) is 7.75. The molecule has 0 saturated carbocycles. The molecule has 3 aromatic carbocycles. The van der Waals surface area contributed by atoms with Crippen LogP contribution in [0.5, 0.6) is 0 Å². The zero-order chi connectivity index (χ0) is 21.6. The van der Waals surface area contributed by atoms with Gasteiger partial charge in [-0.25, -0.2) is 4.39 Å². The Balaban J connectivity index is 1.25. The number of nitrogens with one attached hydrogen (secondary N) is 1. The quantitative estimate of drug-likeness (QED) is 0.605. The number of benzene rings is 3. The number of amides is 1. The lowest BCUT2D eigenvalue weighted by atomic mass is 10.1. The van der Waals surface area contributed by atoms with Crippen molar-refractivity contribution in [2.24, 2.45) is 0 Å². The standard InChI is InChI=1S/C25H25ClFN3O/c26-22-7-11-24(12-8-22)30-15-13-29(14-16-30)18-20-1-5-21(6-2-20)25(31)28-17-19-3-9-23(27)10-4-19/h1-12H,13-18H2,(H,28,31). The highest BCUT2D eigenvalue weighted by Crippen LogP contribution is 2.20. The summed E-state index contributed by atoms with van der Waals surface area (Å²) in [6, 6.07) is 21.9.